The molecule has 1 amide bonds. The number of piperidine rings is 1. The third-order valence-electron chi connectivity index (χ3n) is 4.66. The minimum absolute atomic E-state index is 0.0773. The normalized spacial score (nSPS) is 16.9. The quantitative estimate of drug-likeness (QED) is 0.725. The van der Waals surface area contributed by atoms with E-state index in [4.69, 9.17) is 0 Å². The summed E-state index contributed by atoms with van der Waals surface area (Å²) in [5.74, 6) is 0.233. The Balaban J connectivity index is 1.50. The molecule has 3 heterocycles. The van der Waals surface area contributed by atoms with Crippen LogP contribution in [-0.4, -0.2) is 33.9 Å². The number of carbonyl (C=O) groups is 1. The van der Waals surface area contributed by atoms with Crippen LogP contribution >= 0.6 is 11.3 Å². The predicted octanol–water partition coefficient (Wildman–Crippen LogP) is 4.44. The number of halogens is 1. The van der Waals surface area contributed by atoms with E-state index in [0.29, 0.717) is 18.2 Å². The van der Waals surface area contributed by atoms with Gasteiger partial charge in [-0.25, -0.2) is 14.4 Å². The van der Waals surface area contributed by atoms with Crippen LogP contribution in [0.15, 0.2) is 54.0 Å². The number of likely N-dealkylation sites (tertiary alicyclic amines) is 1. The lowest BCUT2D eigenvalue weighted by atomic mass is 9.94. The van der Waals surface area contributed by atoms with Crippen molar-refractivity contribution in [1.82, 2.24) is 14.9 Å². The number of nitrogens with zero attached hydrogens (tertiary/aromatic N) is 3. The lowest BCUT2D eigenvalue weighted by molar-refractivity contribution is 0.0711. The number of hydrogen-bond donors (Lipinski definition) is 1. The Morgan fingerprint density at radius 2 is 2.11 bits per heavy atom. The highest BCUT2D eigenvalue weighted by Gasteiger charge is 2.27. The van der Waals surface area contributed by atoms with Gasteiger partial charge >= 0.3 is 0 Å². The zero-order valence-electron chi connectivity index (χ0n) is 14.6. The van der Waals surface area contributed by atoms with Gasteiger partial charge in [0.15, 0.2) is 0 Å². The molecule has 1 saturated heterocycles. The smallest absolute Gasteiger partial charge is 0.263 e. The van der Waals surface area contributed by atoms with E-state index < -0.39 is 0 Å². The van der Waals surface area contributed by atoms with Crippen molar-refractivity contribution >= 4 is 28.9 Å². The largest absolute Gasteiger partial charge is 0.337 e. The van der Waals surface area contributed by atoms with Crippen molar-refractivity contribution in [3.63, 3.8) is 0 Å². The first-order chi connectivity index (χ1) is 13.2. The summed E-state index contributed by atoms with van der Waals surface area (Å²) in [5, 5.41) is 4.85. The Bertz CT molecular complexity index is 931. The zero-order valence-corrected chi connectivity index (χ0v) is 15.5. The van der Waals surface area contributed by atoms with E-state index in [2.05, 4.69) is 15.3 Å². The minimum atomic E-state index is -0.350. The van der Waals surface area contributed by atoms with Gasteiger partial charge in [-0.3, -0.25) is 4.79 Å². The lowest BCUT2D eigenvalue weighted by Crippen LogP contribution is -2.39. The van der Waals surface area contributed by atoms with E-state index in [1.165, 1.54) is 17.4 Å². The third-order valence-corrected chi connectivity index (χ3v) is 5.51. The second-order valence-electron chi connectivity index (χ2n) is 6.48. The maximum absolute atomic E-state index is 13.8. The molecule has 1 N–H and O–H groups in total. The van der Waals surface area contributed by atoms with E-state index >= 15 is 0 Å². The van der Waals surface area contributed by atoms with Gasteiger partial charge in [0.1, 0.15) is 5.82 Å². The highest BCUT2D eigenvalue weighted by molar-refractivity contribution is 7.12. The number of amides is 1. The molecule has 0 bridgehead atoms. The molecule has 27 heavy (non-hydrogen) atoms. The lowest BCUT2D eigenvalue weighted by Gasteiger charge is -2.32. The third kappa shape index (κ3) is 3.98. The number of hydrogen-bond acceptors (Lipinski definition) is 5. The summed E-state index contributed by atoms with van der Waals surface area (Å²) in [6, 6.07) is 12.1. The van der Waals surface area contributed by atoms with Crippen LogP contribution in [0.4, 0.5) is 16.0 Å². The molecular formula is C20H19FN4OS. The molecule has 0 radical (unpaired) electrons. The summed E-state index contributed by atoms with van der Waals surface area (Å²) >= 11 is 1.46. The van der Waals surface area contributed by atoms with Crippen LogP contribution in [0.25, 0.3) is 0 Å². The average molecular weight is 382 g/mol. The fourth-order valence-electron chi connectivity index (χ4n) is 3.30. The molecule has 1 aromatic carbocycles. The molecule has 0 aliphatic carbocycles. The molecule has 1 fully saturated rings. The number of thiophene rings is 1. The minimum Gasteiger partial charge on any atom is -0.337 e. The van der Waals surface area contributed by atoms with Gasteiger partial charge < -0.3 is 10.2 Å². The fraction of sp³-hybridized carbons (Fsp3) is 0.250. The van der Waals surface area contributed by atoms with E-state index in [1.54, 1.807) is 24.4 Å². The van der Waals surface area contributed by atoms with E-state index in [0.717, 1.165) is 30.0 Å². The highest BCUT2D eigenvalue weighted by Crippen LogP contribution is 2.28. The Morgan fingerprint density at radius 1 is 1.22 bits per heavy atom. The fourth-order valence-corrected chi connectivity index (χ4v) is 3.99. The molecular weight excluding hydrogens is 363 g/mol. The number of anilines is 2. The summed E-state index contributed by atoms with van der Waals surface area (Å²) in [4.78, 5) is 24.1. The summed E-state index contributed by atoms with van der Waals surface area (Å²) in [6.07, 6.45) is 3.57. The molecule has 2 aromatic heterocycles. The van der Waals surface area contributed by atoms with Crippen LogP contribution in [0.1, 0.15) is 34.1 Å². The highest BCUT2D eigenvalue weighted by atomic mass is 32.1. The number of aromatic nitrogens is 2. The summed E-state index contributed by atoms with van der Waals surface area (Å²) in [5.41, 5.74) is 1.21. The van der Waals surface area contributed by atoms with Crippen LogP contribution in [0.3, 0.4) is 0 Å². The molecule has 138 valence electrons. The van der Waals surface area contributed by atoms with Crippen LogP contribution in [0.2, 0.25) is 0 Å². The van der Waals surface area contributed by atoms with Gasteiger partial charge in [-0.05, 0) is 42.5 Å². The van der Waals surface area contributed by atoms with E-state index in [9.17, 15) is 9.18 Å². The van der Waals surface area contributed by atoms with Crippen LogP contribution in [0.5, 0.6) is 0 Å². The topological polar surface area (TPSA) is 58.1 Å². The van der Waals surface area contributed by atoms with Crippen molar-refractivity contribution in [2.45, 2.75) is 18.8 Å². The van der Waals surface area contributed by atoms with Gasteiger partial charge in [0.25, 0.3) is 5.91 Å². The number of benzene rings is 1. The first-order valence-electron chi connectivity index (χ1n) is 8.88. The maximum atomic E-state index is 13.8. The Morgan fingerprint density at radius 3 is 2.93 bits per heavy atom. The molecule has 0 spiro atoms. The van der Waals surface area contributed by atoms with Gasteiger partial charge in [0.2, 0.25) is 5.95 Å². The second kappa shape index (κ2) is 7.84. The standard InChI is InChI=1S/C20H19FN4OS/c21-15-6-1-2-7-17(15)24-20-22-10-9-16(23-20)14-5-3-11-25(13-14)19(26)18-8-4-12-27-18/h1-2,4,6-10,12,14H,3,5,11,13H2,(H,22,23,24)/t14-/m0/s1. The molecule has 0 saturated carbocycles. The average Bonchev–Trinajstić information content (AvgIpc) is 3.24. The molecule has 1 atom stereocenters. The number of rotatable bonds is 4. The van der Waals surface area contributed by atoms with Crippen LogP contribution in [-0.2, 0) is 0 Å². The van der Waals surface area contributed by atoms with Crippen molar-refractivity contribution in [3.8, 4) is 0 Å². The first kappa shape index (κ1) is 17.6. The SMILES string of the molecule is O=C(c1cccs1)N1CCC[C@H](c2ccnc(Nc3ccccc3F)n2)C1. The molecule has 7 heteroatoms. The summed E-state index contributed by atoms with van der Waals surface area (Å²) in [6.45, 7) is 1.39. The molecule has 5 nitrogen and oxygen atoms in total. The second-order valence-corrected chi connectivity index (χ2v) is 7.43. The van der Waals surface area contributed by atoms with Crippen molar-refractivity contribution in [1.29, 1.82) is 0 Å². The van der Waals surface area contributed by atoms with Crippen molar-refractivity contribution in [2.24, 2.45) is 0 Å². The van der Waals surface area contributed by atoms with Gasteiger partial charge in [0.05, 0.1) is 16.3 Å². The van der Waals surface area contributed by atoms with Gasteiger partial charge in [-0.15, -0.1) is 11.3 Å². The summed E-state index contributed by atoms with van der Waals surface area (Å²) in [7, 11) is 0. The number of para-hydroxylation sites is 1. The van der Waals surface area contributed by atoms with Gasteiger partial charge in [0, 0.05) is 25.2 Å². The monoisotopic (exact) mass is 382 g/mol. The Labute approximate surface area is 160 Å². The molecule has 0 unspecified atom stereocenters. The van der Waals surface area contributed by atoms with Crippen molar-refractivity contribution < 1.29 is 9.18 Å². The Hall–Kier alpha value is -2.80. The van der Waals surface area contributed by atoms with Gasteiger partial charge in [-0.2, -0.15) is 0 Å². The number of carbonyl (C=O) groups excluding carboxylic acids is 1. The molecule has 4 rings (SSSR count). The van der Waals surface area contributed by atoms with Crippen molar-refractivity contribution in [3.05, 3.63) is 70.4 Å². The summed E-state index contributed by atoms with van der Waals surface area (Å²) < 4.78 is 13.8. The predicted molar refractivity (Wildman–Crippen MR) is 104 cm³/mol. The van der Waals surface area contributed by atoms with Crippen molar-refractivity contribution in [2.75, 3.05) is 18.4 Å². The van der Waals surface area contributed by atoms with Gasteiger partial charge in [-0.1, -0.05) is 18.2 Å². The number of nitrogens with one attached hydrogen (secondary N) is 1. The van der Waals surface area contributed by atoms with E-state index in [1.807, 2.05) is 28.5 Å². The first-order valence-corrected chi connectivity index (χ1v) is 9.76. The molecule has 3 aromatic rings. The zero-order chi connectivity index (χ0) is 18.6. The molecule has 1 aliphatic heterocycles. The molecule has 1 aliphatic rings. The Kier molecular flexibility index (Phi) is 5.11. The van der Waals surface area contributed by atoms with Crippen LogP contribution < -0.4 is 5.32 Å². The maximum Gasteiger partial charge on any atom is 0.263 e. The van der Waals surface area contributed by atoms with E-state index in [-0.39, 0.29) is 17.6 Å². The van der Waals surface area contributed by atoms with Crippen LogP contribution in [0, 0.1) is 5.82 Å².